The molecule has 2 unspecified atom stereocenters. The third-order valence-corrected chi connectivity index (χ3v) is 9.36. The van der Waals surface area contributed by atoms with Crippen molar-refractivity contribution >= 4 is 13.3 Å². The molecule has 1 saturated heterocycles. The molecule has 0 N–H and O–H groups in total. The highest BCUT2D eigenvalue weighted by Gasteiger charge is 2.39. The van der Waals surface area contributed by atoms with Crippen molar-refractivity contribution < 1.29 is 0 Å². The average molecular weight is 190 g/mol. The van der Waals surface area contributed by atoms with E-state index in [0.717, 1.165) is 5.54 Å². The first-order chi connectivity index (χ1) is 6.23. The maximum atomic E-state index is 2.56. The fraction of sp³-hybridized carbons (Fsp3) is 0.500. The molecule has 1 aliphatic heterocycles. The zero-order valence-electron chi connectivity index (χ0n) is 8.59. The van der Waals surface area contributed by atoms with Crippen molar-refractivity contribution in [1.29, 1.82) is 0 Å². The Morgan fingerprint density at radius 3 is 2.46 bits per heavy atom. The zero-order chi connectivity index (χ0) is 9.31. The molecule has 0 amide bonds. The van der Waals surface area contributed by atoms with E-state index in [9.17, 15) is 0 Å². The summed E-state index contributed by atoms with van der Waals surface area (Å²) in [5.74, 6) is 0. The van der Waals surface area contributed by atoms with E-state index >= 15 is 0 Å². The summed E-state index contributed by atoms with van der Waals surface area (Å²) in [7, 11) is -1.07. The minimum Gasteiger partial charge on any atom is -0.0650 e. The Morgan fingerprint density at radius 2 is 1.92 bits per heavy atom. The fourth-order valence-electron chi connectivity index (χ4n) is 2.59. The maximum absolute atomic E-state index is 2.56. The Kier molecular flexibility index (Phi) is 2.29. The van der Waals surface area contributed by atoms with Gasteiger partial charge in [0.1, 0.15) is 0 Å². The van der Waals surface area contributed by atoms with E-state index in [1.807, 2.05) is 0 Å². The third kappa shape index (κ3) is 1.46. The lowest BCUT2D eigenvalue weighted by Gasteiger charge is -2.27. The van der Waals surface area contributed by atoms with Gasteiger partial charge >= 0.3 is 0 Å². The minimum absolute atomic E-state index is 0.981. The number of benzene rings is 1. The Hall–Kier alpha value is -0.563. The molecule has 1 aliphatic rings. The molecule has 0 aromatic heterocycles. The molecule has 2 atom stereocenters. The first-order valence-corrected chi connectivity index (χ1v) is 8.07. The Bertz CT molecular complexity index is 280. The van der Waals surface area contributed by atoms with Gasteiger partial charge in [0.15, 0.2) is 0 Å². The van der Waals surface area contributed by atoms with Crippen molar-refractivity contribution in [3.05, 3.63) is 30.3 Å². The summed E-state index contributed by atoms with van der Waals surface area (Å²) in [6.07, 6.45) is 2.91. The van der Waals surface area contributed by atoms with Crippen molar-refractivity contribution in [2.75, 3.05) is 0 Å². The molecular weight excluding hydrogens is 172 g/mol. The molecule has 0 spiro atoms. The van der Waals surface area contributed by atoms with Gasteiger partial charge in [0.05, 0.1) is 8.07 Å². The van der Waals surface area contributed by atoms with E-state index < -0.39 is 8.07 Å². The van der Waals surface area contributed by atoms with Gasteiger partial charge in [-0.25, -0.2) is 0 Å². The molecule has 0 radical (unpaired) electrons. The fourth-order valence-corrected chi connectivity index (χ4v) is 6.67. The van der Waals surface area contributed by atoms with Crippen LogP contribution in [0.1, 0.15) is 19.8 Å². The Balaban J connectivity index is 2.34. The standard InChI is InChI=1S/C12H18Si/c1-11-7-6-10-13(11,2)12-8-4-3-5-9-12/h3-5,8-9,11H,6-7,10H2,1-2H3. The number of rotatable bonds is 1. The van der Waals surface area contributed by atoms with Crippen molar-refractivity contribution in [3.8, 4) is 0 Å². The molecule has 1 aromatic carbocycles. The van der Waals surface area contributed by atoms with Crippen LogP contribution in [0.25, 0.3) is 0 Å². The molecule has 0 aliphatic carbocycles. The largest absolute Gasteiger partial charge is 0.0864 e. The van der Waals surface area contributed by atoms with Crippen LogP contribution in [-0.4, -0.2) is 8.07 Å². The van der Waals surface area contributed by atoms with Gasteiger partial charge < -0.3 is 0 Å². The molecule has 70 valence electrons. The second-order valence-corrected chi connectivity index (χ2v) is 9.47. The minimum atomic E-state index is -1.07. The highest BCUT2D eigenvalue weighted by atomic mass is 28.3. The first-order valence-electron chi connectivity index (χ1n) is 5.29. The molecule has 1 heterocycles. The lowest BCUT2D eigenvalue weighted by Crippen LogP contribution is -2.44. The molecule has 1 aromatic rings. The van der Waals surface area contributed by atoms with Crippen LogP contribution in [0.4, 0.5) is 0 Å². The van der Waals surface area contributed by atoms with Crippen molar-refractivity contribution in [1.82, 2.24) is 0 Å². The number of hydrogen-bond donors (Lipinski definition) is 0. The lowest BCUT2D eigenvalue weighted by atomic mass is 10.3. The van der Waals surface area contributed by atoms with Crippen LogP contribution in [0.2, 0.25) is 18.1 Å². The van der Waals surface area contributed by atoms with E-state index in [4.69, 9.17) is 0 Å². The Morgan fingerprint density at radius 1 is 1.23 bits per heavy atom. The summed E-state index contributed by atoms with van der Waals surface area (Å²) in [6, 6.07) is 12.7. The highest BCUT2D eigenvalue weighted by molar-refractivity contribution is 6.92. The molecule has 0 saturated carbocycles. The van der Waals surface area contributed by atoms with Crippen molar-refractivity contribution in [2.24, 2.45) is 0 Å². The SMILES string of the molecule is CC1CCC[Si]1(C)c1ccccc1. The quantitative estimate of drug-likeness (QED) is 0.597. The zero-order valence-corrected chi connectivity index (χ0v) is 9.59. The highest BCUT2D eigenvalue weighted by Crippen LogP contribution is 2.38. The normalized spacial score (nSPS) is 33.5. The van der Waals surface area contributed by atoms with Gasteiger partial charge in [-0.05, 0) is 5.54 Å². The van der Waals surface area contributed by atoms with Gasteiger partial charge in [0.25, 0.3) is 0 Å². The van der Waals surface area contributed by atoms with Crippen molar-refractivity contribution in [3.63, 3.8) is 0 Å². The maximum Gasteiger partial charge on any atom is 0.0864 e. The van der Waals surface area contributed by atoms with Gasteiger partial charge in [0.2, 0.25) is 0 Å². The van der Waals surface area contributed by atoms with E-state index in [1.165, 1.54) is 18.9 Å². The molecule has 0 nitrogen and oxygen atoms in total. The lowest BCUT2D eigenvalue weighted by molar-refractivity contribution is 0.817. The third-order valence-electron chi connectivity index (χ3n) is 3.85. The molecule has 2 rings (SSSR count). The van der Waals surface area contributed by atoms with Crippen LogP contribution < -0.4 is 5.19 Å². The molecule has 0 bridgehead atoms. The average Bonchev–Trinajstić information content (AvgIpc) is 2.50. The van der Waals surface area contributed by atoms with Gasteiger partial charge in [-0.1, -0.05) is 67.9 Å². The van der Waals surface area contributed by atoms with Crippen LogP contribution in [0, 0.1) is 0 Å². The van der Waals surface area contributed by atoms with Crippen LogP contribution in [0.15, 0.2) is 30.3 Å². The predicted molar refractivity (Wildman–Crippen MR) is 61.2 cm³/mol. The van der Waals surface area contributed by atoms with Gasteiger partial charge in [0, 0.05) is 0 Å². The summed E-state index contributed by atoms with van der Waals surface area (Å²) < 4.78 is 0. The smallest absolute Gasteiger partial charge is 0.0650 e. The summed E-state index contributed by atoms with van der Waals surface area (Å²) in [4.78, 5) is 0. The van der Waals surface area contributed by atoms with E-state index in [0.29, 0.717) is 0 Å². The molecule has 1 heteroatoms. The molecular formula is C12H18Si. The van der Waals surface area contributed by atoms with E-state index in [2.05, 4.69) is 43.8 Å². The summed E-state index contributed by atoms with van der Waals surface area (Å²) in [6.45, 7) is 5.01. The second kappa shape index (κ2) is 3.30. The van der Waals surface area contributed by atoms with E-state index in [-0.39, 0.29) is 0 Å². The van der Waals surface area contributed by atoms with Gasteiger partial charge in [-0.2, -0.15) is 0 Å². The molecule has 13 heavy (non-hydrogen) atoms. The van der Waals surface area contributed by atoms with Crippen LogP contribution >= 0.6 is 0 Å². The summed E-state index contributed by atoms with van der Waals surface area (Å²) in [5, 5.41) is 1.67. The van der Waals surface area contributed by atoms with Crippen LogP contribution in [0.5, 0.6) is 0 Å². The van der Waals surface area contributed by atoms with Crippen molar-refractivity contribution in [2.45, 2.75) is 37.9 Å². The molecule has 1 fully saturated rings. The van der Waals surface area contributed by atoms with Crippen LogP contribution in [0.3, 0.4) is 0 Å². The van der Waals surface area contributed by atoms with Crippen LogP contribution in [-0.2, 0) is 0 Å². The topological polar surface area (TPSA) is 0 Å². The number of hydrogen-bond acceptors (Lipinski definition) is 0. The summed E-state index contributed by atoms with van der Waals surface area (Å²) >= 11 is 0. The summed E-state index contributed by atoms with van der Waals surface area (Å²) in [5.41, 5.74) is 0.981. The van der Waals surface area contributed by atoms with Gasteiger partial charge in [-0.3, -0.25) is 0 Å². The van der Waals surface area contributed by atoms with E-state index in [1.54, 1.807) is 5.19 Å². The Labute approximate surface area is 82.0 Å². The predicted octanol–water partition coefficient (Wildman–Crippen LogP) is 3.16. The first kappa shape index (κ1) is 9.01. The monoisotopic (exact) mass is 190 g/mol. The van der Waals surface area contributed by atoms with Gasteiger partial charge in [-0.15, -0.1) is 0 Å². The second-order valence-electron chi connectivity index (χ2n) is 4.58.